The van der Waals surface area contributed by atoms with Gasteiger partial charge in [0, 0.05) is 11.1 Å². The van der Waals surface area contributed by atoms with Gasteiger partial charge in [-0.25, -0.2) is 0 Å². The van der Waals surface area contributed by atoms with E-state index in [1.807, 2.05) is 6.07 Å². The Morgan fingerprint density at radius 3 is 2.61 bits per heavy atom. The van der Waals surface area contributed by atoms with Crippen molar-refractivity contribution in [3.05, 3.63) is 34.3 Å². The Hall–Kier alpha value is -0.530. The minimum atomic E-state index is 0.426. The van der Waals surface area contributed by atoms with Crippen molar-refractivity contribution in [3.63, 3.8) is 0 Å². The van der Waals surface area contributed by atoms with Gasteiger partial charge >= 0.3 is 0 Å². The topological polar surface area (TPSA) is 12.0 Å². The lowest BCUT2D eigenvalue weighted by molar-refractivity contribution is 0.394. The Morgan fingerprint density at radius 2 is 2.00 bits per heavy atom. The Kier molecular flexibility index (Phi) is 6.73. The van der Waals surface area contributed by atoms with Crippen LogP contribution in [0.2, 0.25) is 5.02 Å². The highest BCUT2D eigenvalue weighted by Crippen LogP contribution is 2.29. The van der Waals surface area contributed by atoms with E-state index in [2.05, 4.69) is 45.1 Å². The minimum Gasteiger partial charge on any atom is -0.310 e. The largest absolute Gasteiger partial charge is 0.310 e. The fraction of sp³-hybridized carbons (Fsp3) is 0.625. The summed E-state index contributed by atoms with van der Waals surface area (Å²) in [5.74, 6) is 0.748. The van der Waals surface area contributed by atoms with Crippen molar-refractivity contribution in [1.29, 1.82) is 0 Å². The number of benzene rings is 1. The number of hydrogen-bond donors (Lipinski definition) is 1. The summed E-state index contributed by atoms with van der Waals surface area (Å²) in [6.07, 6.45) is 3.74. The number of hydrogen-bond acceptors (Lipinski definition) is 1. The molecule has 1 N–H and O–H groups in total. The third kappa shape index (κ3) is 4.29. The summed E-state index contributed by atoms with van der Waals surface area (Å²) in [6, 6.07) is 6.65. The fourth-order valence-corrected chi connectivity index (χ4v) is 2.76. The van der Waals surface area contributed by atoms with Crippen LogP contribution in [-0.2, 0) is 0 Å². The maximum Gasteiger partial charge on any atom is 0.0438 e. The van der Waals surface area contributed by atoms with Gasteiger partial charge in [-0.3, -0.25) is 0 Å². The van der Waals surface area contributed by atoms with Crippen LogP contribution in [0.15, 0.2) is 18.2 Å². The van der Waals surface area contributed by atoms with Crippen molar-refractivity contribution in [2.75, 3.05) is 6.54 Å². The van der Waals surface area contributed by atoms with Gasteiger partial charge in [0.15, 0.2) is 0 Å². The molecule has 1 nitrogen and oxygen atoms in total. The average molecular weight is 268 g/mol. The standard InChI is InChI=1S/C16H26ClN/c1-5-8-12(3)11-16(18-6-2)14-9-7-10-15(17)13(14)4/h7,9-10,12,16,18H,5-6,8,11H2,1-4H3. The van der Waals surface area contributed by atoms with Crippen LogP contribution >= 0.6 is 11.6 Å². The first kappa shape index (κ1) is 15.5. The van der Waals surface area contributed by atoms with Crippen molar-refractivity contribution in [2.45, 2.75) is 53.0 Å². The molecule has 0 aromatic heterocycles. The quantitative estimate of drug-likeness (QED) is 0.723. The second-order valence-electron chi connectivity index (χ2n) is 5.19. The first-order valence-electron chi connectivity index (χ1n) is 7.08. The molecule has 0 bridgehead atoms. The first-order valence-corrected chi connectivity index (χ1v) is 7.46. The Balaban J connectivity index is 2.86. The Morgan fingerprint density at radius 1 is 1.28 bits per heavy atom. The predicted octanol–water partition coefficient (Wildman–Crippen LogP) is 5.13. The molecule has 0 aliphatic carbocycles. The molecule has 2 unspecified atom stereocenters. The number of nitrogens with one attached hydrogen (secondary N) is 1. The zero-order valence-electron chi connectivity index (χ0n) is 12.1. The van der Waals surface area contributed by atoms with E-state index in [9.17, 15) is 0 Å². The lowest BCUT2D eigenvalue weighted by Gasteiger charge is -2.24. The highest BCUT2D eigenvalue weighted by atomic mass is 35.5. The van der Waals surface area contributed by atoms with Crippen LogP contribution in [0.3, 0.4) is 0 Å². The summed E-state index contributed by atoms with van der Waals surface area (Å²) in [7, 11) is 0. The normalized spacial score (nSPS) is 14.5. The molecule has 0 spiro atoms. The SMILES string of the molecule is CCCC(C)CC(NCC)c1cccc(Cl)c1C. The van der Waals surface area contributed by atoms with E-state index in [4.69, 9.17) is 11.6 Å². The van der Waals surface area contributed by atoms with Crippen molar-refractivity contribution < 1.29 is 0 Å². The molecule has 0 amide bonds. The molecule has 1 aromatic rings. The van der Waals surface area contributed by atoms with Crippen molar-refractivity contribution in [3.8, 4) is 0 Å². The van der Waals surface area contributed by atoms with E-state index in [0.717, 1.165) is 17.5 Å². The van der Waals surface area contributed by atoms with Gasteiger partial charge in [-0.2, -0.15) is 0 Å². The lowest BCUT2D eigenvalue weighted by Crippen LogP contribution is -2.23. The highest BCUT2D eigenvalue weighted by molar-refractivity contribution is 6.31. The molecule has 0 saturated carbocycles. The van der Waals surface area contributed by atoms with Crippen molar-refractivity contribution in [2.24, 2.45) is 5.92 Å². The van der Waals surface area contributed by atoms with Gasteiger partial charge in [0.1, 0.15) is 0 Å². The molecule has 102 valence electrons. The summed E-state index contributed by atoms with van der Waals surface area (Å²) in [4.78, 5) is 0. The van der Waals surface area contributed by atoms with Gasteiger partial charge in [0.25, 0.3) is 0 Å². The highest BCUT2D eigenvalue weighted by Gasteiger charge is 2.16. The maximum atomic E-state index is 6.23. The van der Waals surface area contributed by atoms with E-state index in [-0.39, 0.29) is 0 Å². The van der Waals surface area contributed by atoms with Gasteiger partial charge in [-0.1, -0.05) is 57.3 Å². The molecule has 2 heteroatoms. The summed E-state index contributed by atoms with van der Waals surface area (Å²) in [5, 5.41) is 4.47. The fourth-order valence-electron chi connectivity index (χ4n) is 2.58. The number of halogens is 1. The molecular formula is C16H26ClN. The summed E-state index contributed by atoms with van der Waals surface area (Å²) < 4.78 is 0. The molecular weight excluding hydrogens is 242 g/mol. The molecule has 18 heavy (non-hydrogen) atoms. The van der Waals surface area contributed by atoms with Crippen molar-refractivity contribution in [1.82, 2.24) is 5.32 Å². The molecule has 0 heterocycles. The molecule has 0 saturated heterocycles. The zero-order valence-corrected chi connectivity index (χ0v) is 12.8. The van der Waals surface area contributed by atoms with Crippen LogP contribution < -0.4 is 5.32 Å². The Labute approximate surface area is 117 Å². The first-order chi connectivity index (χ1) is 8.60. The van der Waals surface area contributed by atoms with Crippen LogP contribution in [0.1, 0.15) is 57.2 Å². The van der Waals surface area contributed by atoms with Crippen LogP contribution in [0, 0.1) is 12.8 Å². The van der Waals surface area contributed by atoms with E-state index in [1.54, 1.807) is 0 Å². The molecule has 2 atom stereocenters. The molecule has 0 radical (unpaired) electrons. The second-order valence-corrected chi connectivity index (χ2v) is 5.60. The van der Waals surface area contributed by atoms with Gasteiger partial charge in [0.05, 0.1) is 0 Å². The summed E-state index contributed by atoms with van der Waals surface area (Å²) >= 11 is 6.23. The third-order valence-electron chi connectivity index (χ3n) is 3.56. The predicted molar refractivity (Wildman–Crippen MR) is 81.3 cm³/mol. The van der Waals surface area contributed by atoms with Gasteiger partial charge < -0.3 is 5.32 Å². The lowest BCUT2D eigenvalue weighted by atomic mass is 9.91. The van der Waals surface area contributed by atoms with E-state index < -0.39 is 0 Å². The molecule has 1 rings (SSSR count). The molecule has 0 aliphatic rings. The minimum absolute atomic E-state index is 0.426. The van der Waals surface area contributed by atoms with Crippen LogP contribution in [-0.4, -0.2) is 6.54 Å². The zero-order chi connectivity index (χ0) is 13.5. The van der Waals surface area contributed by atoms with Gasteiger partial charge in [-0.05, 0) is 43.0 Å². The van der Waals surface area contributed by atoms with E-state index >= 15 is 0 Å². The second kappa shape index (κ2) is 7.81. The van der Waals surface area contributed by atoms with E-state index in [1.165, 1.54) is 30.4 Å². The molecule has 0 fully saturated rings. The van der Waals surface area contributed by atoms with Gasteiger partial charge in [-0.15, -0.1) is 0 Å². The number of rotatable bonds is 7. The van der Waals surface area contributed by atoms with Crippen LogP contribution in [0.25, 0.3) is 0 Å². The average Bonchev–Trinajstić information content (AvgIpc) is 2.32. The van der Waals surface area contributed by atoms with Gasteiger partial charge in [0.2, 0.25) is 0 Å². The summed E-state index contributed by atoms with van der Waals surface area (Å²) in [6.45, 7) is 9.87. The maximum absolute atomic E-state index is 6.23. The summed E-state index contributed by atoms with van der Waals surface area (Å²) in [5.41, 5.74) is 2.57. The smallest absolute Gasteiger partial charge is 0.0438 e. The van der Waals surface area contributed by atoms with E-state index in [0.29, 0.717) is 6.04 Å². The Bertz CT molecular complexity index is 362. The molecule has 1 aromatic carbocycles. The monoisotopic (exact) mass is 267 g/mol. The van der Waals surface area contributed by atoms with Crippen LogP contribution in [0.5, 0.6) is 0 Å². The molecule has 0 aliphatic heterocycles. The van der Waals surface area contributed by atoms with Crippen LogP contribution in [0.4, 0.5) is 0 Å². The van der Waals surface area contributed by atoms with Crippen molar-refractivity contribution >= 4 is 11.6 Å². The third-order valence-corrected chi connectivity index (χ3v) is 3.96.